The van der Waals surface area contributed by atoms with Gasteiger partial charge in [0.25, 0.3) is 0 Å². The van der Waals surface area contributed by atoms with Gasteiger partial charge in [-0.05, 0) is 19.1 Å². The van der Waals surface area contributed by atoms with Crippen molar-refractivity contribution >= 4 is 15.9 Å². The summed E-state index contributed by atoms with van der Waals surface area (Å²) < 4.78 is 7.40. The van der Waals surface area contributed by atoms with Crippen molar-refractivity contribution in [1.82, 2.24) is 19.7 Å². The summed E-state index contributed by atoms with van der Waals surface area (Å²) in [5.74, 6) is 1.55. The smallest absolute Gasteiger partial charge is 0.164 e. The van der Waals surface area contributed by atoms with E-state index in [4.69, 9.17) is 4.74 Å². The molecule has 90 valence electrons. The molecule has 0 radical (unpaired) electrons. The van der Waals surface area contributed by atoms with Crippen LogP contribution in [0.2, 0.25) is 0 Å². The van der Waals surface area contributed by atoms with E-state index in [1.165, 1.54) is 6.33 Å². The Labute approximate surface area is 108 Å². The average molecular weight is 297 g/mol. The van der Waals surface area contributed by atoms with Crippen molar-refractivity contribution < 1.29 is 4.74 Å². The van der Waals surface area contributed by atoms with E-state index in [9.17, 15) is 0 Å². The standard InChI is InChI=1S/C11H13BrN4O/c1-2-16-11(14-8-15-16)7-17-10-4-3-9(5-12)13-6-10/h3-4,6,8H,2,5,7H2,1H3. The predicted molar refractivity (Wildman–Crippen MR) is 66.9 cm³/mol. The Balaban J connectivity index is 1.97. The summed E-state index contributed by atoms with van der Waals surface area (Å²) in [6, 6.07) is 3.82. The quantitative estimate of drug-likeness (QED) is 0.794. The van der Waals surface area contributed by atoms with Crippen molar-refractivity contribution in [2.45, 2.75) is 25.4 Å². The van der Waals surface area contributed by atoms with E-state index in [0.717, 1.165) is 29.1 Å². The van der Waals surface area contributed by atoms with E-state index in [-0.39, 0.29) is 0 Å². The minimum Gasteiger partial charge on any atom is -0.484 e. The predicted octanol–water partition coefficient (Wildman–Crippen LogP) is 2.17. The first-order valence-electron chi connectivity index (χ1n) is 5.34. The molecular formula is C11H13BrN4O. The topological polar surface area (TPSA) is 52.8 Å². The van der Waals surface area contributed by atoms with Crippen molar-refractivity contribution in [2.75, 3.05) is 0 Å². The molecule has 0 N–H and O–H groups in total. The summed E-state index contributed by atoms with van der Waals surface area (Å²) >= 11 is 3.35. The van der Waals surface area contributed by atoms with Crippen LogP contribution in [0, 0.1) is 0 Å². The second-order valence-electron chi connectivity index (χ2n) is 3.40. The second-order valence-corrected chi connectivity index (χ2v) is 3.96. The van der Waals surface area contributed by atoms with Crippen molar-refractivity contribution in [2.24, 2.45) is 0 Å². The normalized spacial score (nSPS) is 10.5. The monoisotopic (exact) mass is 296 g/mol. The van der Waals surface area contributed by atoms with Crippen LogP contribution in [0.5, 0.6) is 5.75 Å². The van der Waals surface area contributed by atoms with E-state index in [2.05, 4.69) is 31.0 Å². The van der Waals surface area contributed by atoms with Crippen LogP contribution in [0.4, 0.5) is 0 Å². The van der Waals surface area contributed by atoms with E-state index in [1.54, 1.807) is 10.9 Å². The number of hydrogen-bond acceptors (Lipinski definition) is 4. The Hall–Kier alpha value is -1.43. The Morgan fingerprint density at radius 1 is 1.35 bits per heavy atom. The lowest BCUT2D eigenvalue weighted by Gasteiger charge is -2.06. The molecule has 0 aliphatic carbocycles. The number of alkyl halides is 1. The van der Waals surface area contributed by atoms with Gasteiger partial charge < -0.3 is 4.74 Å². The molecular weight excluding hydrogens is 284 g/mol. The molecule has 17 heavy (non-hydrogen) atoms. The van der Waals surface area contributed by atoms with Gasteiger partial charge in [0.1, 0.15) is 18.7 Å². The lowest BCUT2D eigenvalue weighted by atomic mass is 10.4. The summed E-state index contributed by atoms with van der Waals surface area (Å²) in [6.45, 7) is 3.22. The molecule has 6 heteroatoms. The van der Waals surface area contributed by atoms with Gasteiger partial charge in [0.15, 0.2) is 5.82 Å². The van der Waals surface area contributed by atoms with Crippen LogP contribution in [0.25, 0.3) is 0 Å². The first-order valence-corrected chi connectivity index (χ1v) is 6.46. The maximum atomic E-state index is 5.59. The highest BCUT2D eigenvalue weighted by Gasteiger charge is 2.03. The number of ether oxygens (including phenoxy) is 1. The van der Waals surface area contributed by atoms with Gasteiger partial charge in [0.05, 0.1) is 11.9 Å². The third-order valence-electron chi connectivity index (χ3n) is 2.30. The molecule has 0 bridgehead atoms. The molecule has 0 unspecified atom stereocenters. The number of aryl methyl sites for hydroxylation is 1. The fourth-order valence-electron chi connectivity index (χ4n) is 1.39. The van der Waals surface area contributed by atoms with Crippen LogP contribution >= 0.6 is 15.9 Å². The highest BCUT2D eigenvalue weighted by Crippen LogP contribution is 2.12. The fourth-order valence-corrected chi connectivity index (χ4v) is 1.72. The highest BCUT2D eigenvalue weighted by molar-refractivity contribution is 9.08. The Morgan fingerprint density at radius 2 is 2.24 bits per heavy atom. The molecule has 0 saturated carbocycles. The van der Waals surface area contributed by atoms with Gasteiger partial charge in [0, 0.05) is 11.9 Å². The number of pyridine rings is 1. The third kappa shape index (κ3) is 3.03. The third-order valence-corrected chi connectivity index (χ3v) is 2.87. The first kappa shape index (κ1) is 12.0. The van der Waals surface area contributed by atoms with Gasteiger partial charge in [-0.3, -0.25) is 4.98 Å². The SMILES string of the molecule is CCn1ncnc1COc1ccc(CBr)nc1. The average Bonchev–Trinajstić information content (AvgIpc) is 2.84. The van der Waals surface area contributed by atoms with E-state index >= 15 is 0 Å². The minimum absolute atomic E-state index is 0.406. The summed E-state index contributed by atoms with van der Waals surface area (Å²) in [5.41, 5.74) is 0.981. The van der Waals surface area contributed by atoms with E-state index in [0.29, 0.717) is 6.61 Å². The number of rotatable bonds is 5. The lowest BCUT2D eigenvalue weighted by Crippen LogP contribution is -2.07. The van der Waals surface area contributed by atoms with E-state index < -0.39 is 0 Å². The fraction of sp³-hybridized carbons (Fsp3) is 0.364. The van der Waals surface area contributed by atoms with Crippen LogP contribution in [0.15, 0.2) is 24.7 Å². The number of nitrogens with zero attached hydrogens (tertiary/aromatic N) is 4. The lowest BCUT2D eigenvalue weighted by molar-refractivity contribution is 0.286. The largest absolute Gasteiger partial charge is 0.484 e. The van der Waals surface area contributed by atoms with Gasteiger partial charge in [-0.2, -0.15) is 5.10 Å². The van der Waals surface area contributed by atoms with Crippen molar-refractivity contribution in [1.29, 1.82) is 0 Å². The Kier molecular flexibility index (Phi) is 4.08. The molecule has 2 aromatic rings. The zero-order chi connectivity index (χ0) is 12.1. The molecule has 0 fully saturated rings. The minimum atomic E-state index is 0.406. The summed E-state index contributed by atoms with van der Waals surface area (Å²) in [4.78, 5) is 8.36. The van der Waals surface area contributed by atoms with Gasteiger partial charge >= 0.3 is 0 Å². The zero-order valence-corrected chi connectivity index (χ0v) is 11.1. The van der Waals surface area contributed by atoms with E-state index in [1.807, 2.05) is 19.1 Å². The molecule has 0 amide bonds. The molecule has 2 heterocycles. The molecule has 0 aliphatic rings. The van der Waals surface area contributed by atoms with Gasteiger partial charge in [-0.15, -0.1) is 0 Å². The summed E-state index contributed by atoms with van der Waals surface area (Å²) in [7, 11) is 0. The van der Waals surface area contributed by atoms with Crippen LogP contribution in [-0.4, -0.2) is 19.7 Å². The molecule has 0 aromatic carbocycles. The Bertz CT molecular complexity index is 469. The summed E-state index contributed by atoms with van der Waals surface area (Å²) in [5, 5.41) is 4.83. The molecule has 0 saturated heterocycles. The maximum Gasteiger partial charge on any atom is 0.164 e. The van der Waals surface area contributed by atoms with Crippen LogP contribution in [-0.2, 0) is 18.5 Å². The van der Waals surface area contributed by atoms with Gasteiger partial charge in [-0.25, -0.2) is 9.67 Å². The molecule has 5 nitrogen and oxygen atoms in total. The van der Waals surface area contributed by atoms with Crippen LogP contribution in [0.1, 0.15) is 18.4 Å². The van der Waals surface area contributed by atoms with Crippen molar-refractivity contribution in [3.8, 4) is 5.75 Å². The zero-order valence-electron chi connectivity index (χ0n) is 9.51. The summed E-state index contributed by atoms with van der Waals surface area (Å²) in [6.07, 6.45) is 3.25. The van der Waals surface area contributed by atoms with Crippen molar-refractivity contribution in [3.05, 3.63) is 36.2 Å². The molecule has 0 aliphatic heterocycles. The first-order chi connectivity index (χ1) is 8.33. The molecule has 0 spiro atoms. The van der Waals surface area contributed by atoms with Crippen molar-refractivity contribution in [3.63, 3.8) is 0 Å². The number of hydrogen-bond donors (Lipinski definition) is 0. The maximum absolute atomic E-state index is 5.59. The van der Waals surface area contributed by atoms with Crippen LogP contribution in [0.3, 0.4) is 0 Å². The Morgan fingerprint density at radius 3 is 2.88 bits per heavy atom. The molecule has 0 atom stereocenters. The molecule has 2 aromatic heterocycles. The second kappa shape index (κ2) is 5.77. The highest BCUT2D eigenvalue weighted by atomic mass is 79.9. The molecule has 2 rings (SSSR count). The number of halogens is 1. The van der Waals surface area contributed by atoms with Gasteiger partial charge in [-0.1, -0.05) is 15.9 Å². The van der Waals surface area contributed by atoms with Crippen LogP contribution < -0.4 is 4.74 Å². The van der Waals surface area contributed by atoms with Gasteiger partial charge in [0.2, 0.25) is 0 Å². The number of aromatic nitrogens is 4.